The van der Waals surface area contributed by atoms with Crippen molar-refractivity contribution in [3.05, 3.63) is 69.5 Å². The highest BCUT2D eigenvalue weighted by atomic mass is 16.1. The lowest BCUT2D eigenvalue weighted by molar-refractivity contribution is 0.484. The number of fused-ring (bicyclic) bond motifs is 2. The van der Waals surface area contributed by atoms with E-state index in [-0.39, 0.29) is 5.56 Å². The summed E-state index contributed by atoms with van der Waals surface area (Å²) in [5.41, 5.74) is 4.02. The molecule has 1 unspecified atom stereocenters. The Kier molecular flexibility index (Phi) is 4.41. The SMILES string of the molecule is Cc1ccnc(/C=C/c2ccc3c(=O)n4c(nc3c2)CCC(C)CC4)c1. The number of rotatable bonds is 2. The first kappa shape index (κ1) is 16.7. The summed E-state index contributed by atoms with van der Waals surface area (Å²) in [6.45, 7) is 5.08. The van der Waals surface area contributed by atoms with Crippen molar-refractivity contribution in [1.82, 2.24) is 14.5 Å². The Morgan fingerprint density at radius 3 is 2.88 bits per heavy atom. The van der Waals surface area contributed by atoms with Crippen molar-refractivity contribution in [2.24, 2.45) is 5.92 Å². The van der Waals surface area contributed by atoms with Gasteiger partial charge in [0.15, 0.2) is 0 Å². The van der Waals surface area contributed by atoms with E-state index in [4.69, 9.17) is 4.98 Å². The van der Waals surface area contributed by atoms with Gasteiger partial charge in [-0.2, -0.15) is 0 Å². The third kappa shape index (κ3) is 3.32. The Balaban J connectivity index is 1.72. The van der Waals surface area contributed by atoms with E-state index in [2.05, 4.69) is 18.8 Å². The molecule has 0 saturated carbocycles. The van der Waals surface area contributed by atoms with Crippen LogP contribution in [-0.4, -0.2) is 14.5 Å². The van der Waals surface area contributed by atoms with E-state index in [1.807, 2.05) is 53.2 Å². The van der Waals surface area contributed by atoms with Crippen LogP contribution < -0.4 is 5.56 Å². The Hall–Kier alpha value is -2.75. The van der Waals surface area contributed by atoms with E-state index in [1.165, 1.54) is 5.56 Å². The van der Waals surface area contributed by atoms with Gasteiger partial charge in [-0.15, -0.1) is 0 Å². The van der Waals surface area contributed by atoms with Crippen LogP contribution in [0.4, 0.5) is 0 Å². The predicted molar refractivity (Wildman–Crippen MR) is 106 cm³/mol. The predicted octanol–water partition coefficient (Wildman–Crippen LogP) is 4.24. The van der Waals surface area contributed by atoms with Crippen molar-refractivity contribution < 1.29 is 0 Å². The van der Waals surface area contributed by atoms with Gasteiger partial charge < -0.3 is 0 Å². The Bertz CT molecular complexity index is 1050. The second kappa shape index (κ2) is 6.87. The topological polar surface area (TPSA) is 47.8 Å². The van der Waals surface area contributed by atoms with Gasteiger partial charge in [-0.1, -0.05) is 19.1 Å². The van der Waals surface area contributed by atoms with E-state index in [0.717, 1.165) is 48.4 Å². The number of hydrogen-bond donors (Lipinski definition) is 0. The number of pyridine rings is 1. The molecular weight excluding hydrogens is 322 g/mol. The molecule has 2 aromatic heterocycles. The monoisotopic (exact) mass is 345 g/mol. The number of aromatic nitrogens is 3. The molecule has 1 atom stereocenters. The Morgan fingerprint density at radius 2 is 2.04 bits per heavy atom. The maximum atomic E-state index is 12.9. The minimum Gasteiger partial charge on any atom is -0.296 e. The lowest BCUT2D eigenvalue weighted by Gasteiger charge is -2.10. The van der Waals surface area contributed by atoms with E-state index in [0.29, 0.717) is 11.3 Å². The maximum absolute atomic E-state index is 12.9. The van der Waals surface area contributed by atoms with E-state index < -0.39 is 0 Å². The van der Waals surface area contributed by atoms with Crippen LogP contribution in [0.5, 0.6) is 0 Å². The molecule has 3 heterocycles. The summed E-state index contributed by atoms with van der Waals surface area (Å²) in [4.78, 5) is 22.0. The molecule has 0 fully saturated rings. The molecule has 132 valence electrons. The zero-order valence-electron chi connectivity index (χ0n) is 15.3. The molecule has 3 aromatic rings. The number of nitrogens with zero attached hydrogens (tertiary/aromatic N) is 3. The summed E-state index contributed by atoms with van der Waals surface area (Å²) < 4.78 is 1.87. The summed E-state index contributed by atoms with van der Waals surface area (Å²) >= 11 is 0. The second-order valence-electron chi connectivity index (χ2n) is 7.29. The molecule has 4 nitrogen and oxygen atoms in total. The van der Waals surface area contributed by atoms with Crippen LogP contribution in [0.15, 0.2) is 41.3 Å². The molecule has 1 aromatic carbocycles. The largest absolute Gasteiger partial charge is 0.296 e. The van der Waals surface area contributed by atoms with E-state index >= 15 is 0 Å². The molecular formula is C22H23N3O. The summed E-state index contributed by atoms with van der Waals surface area (Å²) in [6, 6.07) is 9.90. The number of benzene rings is 1. The van der Waals surface area contributed by atoms with Crippen LogP contribution in [0.3, 0.4) is 0 Å². The van der Waals surface area contributed by atoms with Crippen molar-refractivity contribution in [1.29, 1.82) is 0 Å². The van der Waals surface area contributed by atoms with Gasteiger partial charge in [-0.3, -0.25) is 14.3 Å². The first-order valence-corrected chi connectivity index (χ1v) is 9.24. The van der Waals surface area contributed by atoms with Gasteiger partial charge in [0.05, 0.1) is 16.6 Å². The lowest BCUT2D eigenvalue weighted by Crippen LogP contribution is -2.24. The molecule has 0 aliphatic carbocycles. The van der Waals surface area contributed by atoms with Gasteiger partial charge in [-0.05, 0) is 67.2 Å². The highest BCUT2D eigenvalue weighted by molar-refractivity contribution is 5.82. The maximum Gasteiger partial charge on any atom is 0.261 e. The Labute approximate surface area is 153 Å². The molecule has 0 radical (unpaired) electrons. The smallest absolute Gasteiger partial charge is 0.261 e. The van der Waals surface area contributed by atoms with E-state index in [1.54, 1.807) is 0 Å². The zero-order chi connectivity index (χ0) is 18.1. The van der Waals surface area contributed by atoms with Crippen molar-refractivity contribution in [3.8, 4) is 0 Å². The van der Waals surface area contributed by atoms with Crippen LogP contribution in [-0.2, 0) is 13.0 Å². The molecule has 4 rings (SSSR count). The zero-order valence-corrected chi connectivity index (χ0v) is 15.3. The molecule has 0 saturated heterocycles. The average Bonchev–Trinajstić information content (AvgIpc) is 2.82. The highest BCUT2D eigenvalue weighted by Gasteiger charge is 2.16. The minimum absolute atomic E-state index is 0.0926. The summed E-state index contributed by atoms with van der Waals surface area (Å²) in [5, 5.41) is 0.703. The lowest BCUT2D eigenvalue weighted by atomic mass is 10.0. The van der Waals surface area contributed by atoms with Gasteiger partial charge in [0.25, 0.3) is 5.56 Å². The summed E-state index contributed by atoms with van der Waals surface area (Å²) in [7, 11) is 0. The standard InChI is InChI=1S/C22H23N3O/c1-15-3-8-21-24-20-14-17(4-6-18-13-16(2)9-11-23-18)5-7-19(20)22(26)25(21)12-10-15/h4-7,9,11,13-15H,3,8,10,12H2,1-2H3/b6-4+. The van der Waals surface area contributed by atoms with Crippen molar-refractivity contribution in [3.63, 3.8) is 0 Å². The van der Waals surface area contributed by atoms with Crippen molar-refractivity contribution in [2.75, 3.05) is 0 Å². The Morgan fingerprint density at radius 1 is 1.15 bits per heavy atom. The number of hydrogen-bond acceptors (Lipinski definition) is 3. The van der Waals surface area contributed by atoms with Crippen LogP contribution in [0.1, 0.15) is 42.4 Å². The molecule has 0 bridgehead atoms. The summed E-state index contributed by atoms with van der Waals surface area (Å²) in [6.07, 6.45) is 8.84. The third-order valence-corrected chi connectivity index (χ3v) is 5.15. The highest BCUT2D eigenvalue weighted by Crippen LogP contribution is 2.20. The molecule has 0 N–H and O–H groups in total. The fourth-order valence-corrected chi connectivity index (χ4v) is 3.51. The average molecular weight is 345 g/mol. The molecule has 26 heavy (non-hydrogen) atoms. The van der Waals surface area contributed by atoms with E-state index in [9.17, 15) is 4.79 Å². The van der Waals surface area contributed by atoms with Gasteiger partial charge in [0.1, 0.15) is 5.82 Å². The van der Waals surface area contributed by atoms with Crippen LogP contribution in [0, 0.1) is 12.8 Å². The van der Waals surface area contributed by atoms with Crippen LogP contribution >= 0.6 is 0 Å². The fourth-order valence-electron chi connectivity index (χ4n) is 3.51. The molecule has 0 spiro atoms. The third-order valence-electron chi connectivity index (χ3n) is 5.15. The molecule has 1 aliphatic rings. The van der Waals surface area contributed by atoms with Crippen LogP contribution in [0.25, 0.3) is 23.1 Å². The second-order valence-corrected chi connectivity index (χ2v) is 7.29. The molecule has 1 aliphatic heterocycles. The van der Waals surface area contributed by atoms with Gasteiger partial charge in [0, 0.05) is 19.2 Å². The normalized spacial score (nSPS) is 17.4. The summed E-state index contributed by atoms with van der Waals surface area (Å²) in [5.74, 6) is 1.56. The first-order chi connectivity index (χ1) is 12.6. The molecule has 0 amide bonds. The van der Waals surface area contributed by atoms with Gasteiger partial charge in [0.2, 0.25) is 0 Å². The van der Waals surface area contributed by atoms with Crippen molar-refractivity contribution in [2.45, 2.75) is 39.7 Å². The quantitative estimate of drug-likeness (QED) is 0.698. The van der Waals surface area contributed by atoms with Gasteiger partial charge in [-0.25, -0.2) is 4.98 Å². The van der Waals surface area contributed by atoms with Gasteiger partial charge >= 0.3 is 0 Å². The minimum atomic E-state index is 0.0926. The van der Waals surface area contributed by atoms with Crippen LogP contribution in [0.2, 0.25) is 0 Å². The number of aryl methyl sites for hydroxylation is 2. The fraction of sp³-hybridized carbons (Fsp3) is 0.318. The molecule has 4 heteroatoms. The first-order valence-electron chi connectivity index (χ1n) is 9.24. The van der Waals surface area contributed by atoms with Crippen molar-refractivity contribution >= 4 is 23.1 Å².